The van der Waals surface area contributed by atoms with Crippen LogP contribution in [0.25, 0.3) is 0 Å². The molecule has 0 aliphatic carbocycles. The first kappa shape index (κ1) is 17.0. The zero-order valence-corrected chi connectivity index (χ0v) is 13.1. The topological polar surface area (TPSA) is 61.4 Å². The smallest absolute Gasteiger partial charge is 0.225 e. The summed E-state index contributed by atoms with van der Waals surface area (Å²) in [6.07, 6.45) is 3.24. The Bertz CT molecular complexity index is 306. The Labute approximate surface area is 122 Å². The monoisotopic (exact) mass is 283 g/mol. The molecule has 0 aromatic carbocycles. The van der Waals surface area contributed by atoms with Crippen molar-refractivity contribution in [2.75, 3.05) is 26.2 Å². The van der Waals surface area contributed by atoms with E-state index in [0.717, 1.165) is 32.5 Å². The third-order valence-electron chi connectivity index (χ3n) is 4.03. The highest BCUT2D eigenvalue weighted by Crippen LogP contribution is 2.11. The summed E-state index contributed by atoms with van der Waals surface area (Å²) >= 11 is 0. The molecule has 1 aliphatic rings. The maximum atomic E-state index is 12.1. The first-order valence-electron chi connectivity index (χ1n) is 7.86. The van der Waals surface area contributed by atoms with Crippen LogP contribution in [0, 0.1) is 5.92 Å². The largest absolute Gasteiger partial charge is 0.355 e. The second-order valence-electron chi connectivity index (χ2n) is 5.62. The van der Waals surface area contributed by atoms with Crippen LogP contribution in [0.1, 0.15) is 46.5 Å². The van der Waals surface area contributed by atoms with Gasteiger partial charge in [0.25, 0.3) is 0 Å². The van der Waals surface area contributed by atoms with Crippen LogP contribution in [0.5, 0.6) is 0 Å². The number of nitrogens with one attached hydrogen (secondary N) is 2. The maximum absolute atomic E-state index is 12.1. The Morgan fingerprint density at radius 3 is 2.70 bits per heavy atom. The predicted molar refractivity (Wildman–Crippen MR) is 80.4 cm³/mol. The number of amides is 2. The molecule has 2 amide bonds. The molecule has 5 nitrogen and oxygen atoms in total. The molecule has 1 aliphatic heterocycles. The number of hydrogen-bond acceptors (Lipinski definition) is 3. The highest BCUT2D eigenvalue weighted by Gasteiger charge is 2.25. The zero-order valence-electron chi connectivity index (χ0n) is 13.1. The van der Waals surface area contributed by atoms with Gasteiger partial charge in [-0.1, -0.05) is 13.8 Å². The van der Waals surface area contributed by atoms with Gasteiger partial charge in [0.05, 0.1) is 5.92 Å². The molecule has 0 bridgehead atoms. The van der Waals surface area contributed by atoms with Crippen molar-refractivity contribution in [3.05, 3.63) is 0 Å². The van der Waals surface area contributed by atoms with Crippen molar-refractivity contribution in [3.8, 4) is 0 Å². The van der Waals surface area contributed by atoms with Gasteiger partial charge in [0.1, 0.15) is 0 Å². The van der Waals surface area contributed by atoms with E-state index in [1.165, 1.54) is 0 Å². The normalized spacial score (nSPS) is 20.6. The van der Waals surface area contributed by atoms with E-state index in [1.54, 1.807) is 0 Å². The number of piperidine rings is 1. The number of nitrogens with zero attached hydrogens (tertiary/aromatic N) is 1. The minimum atomic E-state index is -0.0575. The first-order valence-corrected chi connectivity index (χ1v) is 7.86. The fraction of sp³-hybridized carbons (Fsp3) is 0.867. The summed E-state index contributed by atoms with van der Waals surface area (Å²) in [7, 11) is 0. The summed E-state index contributed by atoms with van der Waals surface area (Å²) in [4.78, 5) is 25.5. The van der Waals surface area contributed by atoms with Crippen molar-refractivity contribution in [2.45, 2.75) is 52.5 Å². The lowest BCUT2D eigenvalue weighted by molar-refractivity contribution is -0.129. The van der Waals surface area contributed by atoms with E-state index >= 15 is 0 Å². The van der Waals surface area contributed by atoms with Crippen LogP contribution in [0.2, 0.25) is 0 Å². The summed E-state index contributed by atoms with van der Waals surface area (Å²) in [6.45, 7) is 10.1. The van der Waals surface area contributed by atoms with Gasteiger partial charge in [0, 0.05) is 19.0 Å². The Balaban J connectivity index is 2.19. The Kier molecular flexibility index (Phi) is 7.59. The molecule has 5 heteroatoms. The maximum Gasteiger partial charge on any atom is 0.225 e. The minimum absolute atomic E-state index is 0.0568. The van der Waals surface area contributed by atoms with Gasteiger partial charge in [-0.15, -0.1) is 0 Å². The SMILES string of the molecule is CCN(CC)CCCC(C)NC(=O)C1CCC(=O)NC1. The lowest BCUT2D eigenvalue weighted by Gasteiger charge is -2.24. The molecular weight excluding hydrogens is 254 g/mol. The average molecular weight is 283 g/mol. The van der Waals surface area contributed by atoms with E-state index < -0.39 is 0 Å². The summed E-state index contributed by atoms with van der Waals surface area (Å²) in [6, 6.07) is 0.204. The van der Waals surface area contributed by atoms with Crippen LogP contribution in [0.15, 0.2) is 0 Å². The van der Waals surface area contributed by atoms with E-state index in [9.17, 15) is 9.59 Å². The molecule has 1 rings (SSSR count). The van der Waals surface area contributed by atoms with Crippen LogP contribution < -0.4 is 10.6 Å². The van der Waals surface area contributed by atoms with Gasteiger partial charge in [-0.3, -0.25) is 9.59 Å². The summed E-state index contributed by atoms with van der Waals surface area (Å²) in [5.74, 6) is 0.0830. The molecule has 20 heavy (non-hydrogen) atoms. The molecule has 0 spiro atoms. The lowest BCUT2D eigenvalue weighted by Crippen LogP contribution is -2.45. The molecule has 0 aromatic heterocycles. The predicted octanol–water partition coefficient (Wildman–Crippen LogP) is 1.14. The quantitative estimate of drug-likeness (QED) is 0.702. The highest BCUT2D eigenvalue weighted by molar-refractivity contribution is 5.83. The van der Waals surface area contributed by atoms with E-state index in [1.807, 2.05) is 0 Å². The van der Waals surface area contributed by atoms with Crippen molar-refractivity contribution < 1.29 is 9.59 Å². The van der Waals surface area contributed by atoms with Gasteiger partial charge in [0.2, 0.25) is 11.8 Å². The summed E-state index contributed by atoms with van der Waals surface area (Å²) < 4.78 is 0. The molecule has 116 valence electrons. The van der Waals surface area contributed by atoms with Crippen LogP contribution in [0.4, 0.5) is 0 Å². The fourth-order valence-corrected chi connectivity index (χ4v) is 2.55. The molecule has 2 atom stereocenters. The summed E-state index contributed by atoms with van der Waals surface area (Å²) in [5.41, 5.74) is 0. The Hall–Kier alpha value is -1.10. The molecule has 1 heterocycles. The molecule has 2 N–H and O–H groups in total. The second kappa shape index (κ2) is 8.95. The van der Waals surface area contributed by atoms with Crippen molar-refractivity contribution >= 4 is 11.8 Å². The molecule has 1 fully saturated rings. The number of carbonyl (C=O) groups is 2. The first-order chi connectivity index (χ1) is 9.56. The molecule has 0 aromatic rings. The zero-order chi connectivity index (χ0) is 15.0. The lowest BCUT2D eigenvalue weighted by atomic mass is 9.98. The molecular formula is C15H29N3O2. The standard InChI is InChI=1S/C15H29N3O2/c1-4-18(5-2)10-6-7-12(3)17-15(20)13-8-9-14(19)16-11-13/h12-13H,4-11H2,1-3H3,(H,16,19)(H,17,20). The van der Waals surface area contributed by atoms with E-state index in [2.05, 4.69) is 36.3 Å². The van der Waals surface area contributed by atoms with E-state index in [0.29, 0.717) is 19.4 Å². The highest BCUT2D eigenvalue weighted by atomic mass is 16.2. The van der Waals surface area contributed by atoms with Crippen molar-refractivity contribution in [2.24, 2.45) is 5.92 Å². The van der Waals surface area contributed by atoms with Gasteiger partial charge in [0.15, 0.2) is 0 Å². The molecule has 2 unspecified atom stereocenters. The van der Waals surface area contributed by atoms with Gasteiger partial charge in [-0.05, 0) is 45.8 Å². The summed E-state index contributed by atoms with van der Waals surface area (Å²) in [5, 5.41) is 5.82. The molecule has 0 saturated carbocycles. The minimum Gasteiger partial charge on any atom is -0.355 e. The van der Waals surface area contributed by atoms with Gasteiger partial charge < -0.3 is 15.5 Å². The van der Waals surface area contributed by atoms with Gasteiger partial charge in [-0.2, -0.15) is 0 Å². The third kappa shape index (κ3) is 5.90. The fourth-order valence-electron chi connectivity index (χ4n) is 2.55. The van der Waals surface area contributed by atoms with Crippen LogP contribution in [-0.4, -0.2) is 48.9 Å². The van der Waals surface area contributed by atoms with Crippen LogP contribution in [0.3, 0.4) is 0 Å². The third-order valence-corrected chi connectivity index (χ3v) is 4.03. The van der Waals surface area contributed by atoms with Crippen LogP contribution >= 0.6 is 0 Å². The second-order valence-corrected chi connectivity index (χ2v) is 5.62. The molecule has 0 radical (unpaired) electrons. The van der Waals surface area contributed by atoms with E-state index in [4.69, 9.17) is 0 Å². The van der Waals surface area contributed by atoms with Gasteiger partial charge >= 0.3 is 0 Å². The Morgan fingerprint density at radius 1 is 1.45 bits per heavy atom. The van der Waals surface area contributed by atoms with Crippen molar-refractivity contribution in [1.29, 1.82) is 0 Å². The van der Waals surface area contributed by atoms with E-state index in [-0.39, 0.29) is 23.8 Å². The van der Waals surface area contributed by atoms with Gasteiger partial charge in [-0.25, -0.2) is 0 Å². The Morgan fingerprint density at radius 2 is 2.15 bits per heavy atom. The molecule has 1 saturated heterocycles. The van der Waals surface area contributed by atoms with Crippen molar-refractivity contribution in [1.82, 2.24) is 15.5 Å². The average Bonchev–Trinajstić information content (AvgIpc) is 2.44. The number of rotatable bonds is 8. The van der Waals surface area contributed by atoms with Crippen molar-refractivity contribution in [3.63, 3.8) is 0 Å². The number of hydrogen-bond donors (Lipinski definition) is 2. The van der Waals surface area contributed by atoms with Crippen LogP contribution in [-0.2, 0) is 9.59 Å². The number of carbonyl (C=O) groups excluding carboxylic acids is 2.